The summed E-state index contributed by atoms with van der Waals surface area (Å²) < 4.78 is 12.7. The predicted octanol–water partition coefficient (Wildman–Crippen LogP) is 2.57. The molecule has 1 saturated carbocycles. The van der Waals surface area contributed by atoms with Crippen LogP contribution in [0.5, 0.6) is 0 Å². The number of hydrogen-bond donors (Lipinski definition) is 3. The molecule has 4 nitrogen and oxygen atoms in total. The van der Waals surface area contributed by atoms with Crippen molar-refractivity contribution >= 4 is 6.03 Å². The largest absolute Gasteiger partial charge is 0.391 e. The van der Waals surface area contributed by atoms with Gasteiger partial charge in [-0.3, -0.25) is 0 Å². The first-order valence-corrected chi connectivity index (χ1v) is 7.59. The van der Waals surface area contributed by atoms with Crippen LogP contribution < -0.4 is 10.6 Å². The number of amides is 2. The minimum absolute atomic E-state index is 0.278. The summed E-state index contributed by atoms with van der Waals surface area (Å²) in [5.41, 5.74) is 0.833. The number of carbonyl (C=O) groups excluding carboxylic acids is 1. The van der Waals surface area contributed by atoms with E-state index in [0.717, 1.165) is 18.4 Å². The van der Waals surface area contributed by atoms with E-state index in [4.69, 9.17) is 0 Å². The second-order valence-corrected chi connectivity index (χ2v) is 5.66. The van der Waals surface area contributed by atoms with E-state index in [1.165, 1.54) is 31.4 Å². The van der Waals surface area contributed by atoms with Gasteiger partial charge in [0.05, 0.1) is 6.10 Å². The van der Waals surface area contributed by atoms with E-state index in [2.05, 4.69) is 10.6 Å². The molecular weight excluding hydrogens is 271 g/mol. The number of halogens is 1. The third-order valence-corrected chi connectivity index (χ3v) is 4.03. The average molecular weight is 294 g/mol. The Balaban J connectivity index is 1.66. The van der Waals surface area contributed by atoms with Gasteiger partial charge in [-0.05, 0) is 36.5 Å². The molecule has 0 aliphatic heterocycles. The number of hydrogen-bond acceptors (Lipinski definition) is 2. The van der Waals surface area contributed by atoms with Crippen LogP contribution in [0.15, 0.2) is 24.3 Å². The summed E-state index contributed by atoms with van der Waals surface area (Å²) in [4.78, 5) is 11.7. The SMILES string of the molecule is O=C(NCc1ccc(F)cc1)NCC(O)C1CCCCC1. The highest BCUT2D eigenvalue weighted by atomic mass is 19.1. The van der Waals surface area contributed by atoms with Gasteiger partial charge in [0, 0.05) is 13.1 Å². The Labute approximate surface area is 124 Å². The highest BCUT2D eigenvalue weighted by Crippen LogP contribution is 2.26. The summed E-state index contributed by atoms with van der Waals surface area (Å²) in [5.74, 6) is 0.00922. The molecule has 1 aromatic carbocycles. The smallest absolute Gasteiger partial charge is 0.315 e. The van der Waals surface area contributed by atoms with Crippen molar-refractivity contribution in [3.8, 4) is 0 Å². The van der Waals surface area contributed by atoms with Crippen molar-refractivity contribution in [2.45, 2.75) is 44.8 Å². The highest BCUT2D eigenvalue weighted by Gasteiger charge is 2.21. The lowest BCUT2D eigenvalue weighted by Crippen LogP contribution is -2.41. The summed E-state index contributed by atoms with van der Waals surface area (Å²) >= 11 is 0. The standard InChI is InChI=1S/C16H23FN2O2/c17-14-8-6-12(7-9-14)10-18-16(21)19-11-15(20)13-4-2-1-3-5-13/h6-9,13,15,20H,1-5,10-11H2,(H2,18,19,21). The number of aliphatic hydroxyl groups excluding tert-OH is 1. The Hall–Kier alpha value is -1.62. The maximum absolute atomic E-state index is 12.7. The van der Waals surface area contributed by atoms with Crippen LogP contribution in [0.1, 0.15) is 37.7 Å². The van der Waals surface area contributed by atoms with Gasteiger partial charge in [0.2, 0.25) is 0 Å². The molecule has 0 saturated heterocycles. The molecule has 1 atom stereocenters. The Morgan fingerprint density at radius 2 is 1.86 bits per heavy atom. The van der Waals surface area contributed by atoms with Gasteiger partial charge in [0.1, 0.15) is 5.82 Å². The fraction of sp³-hybridized carbons (Fsp3) is 0.562. The molecule has 2 amide bonds. The Morgan fingerprint density at radius 3 is 2.52 bits per heavy atom. The number of aliphatic hydroxyl groups is 1. The molecule has 1 fully saturated rings. The second-order valence-electron chi connectivity index (χ2n) is 5.66. The molecule has 1 unspecified atom stereocenters. The van der Waals surface area contributed by atoms with Crippen LogP contribution in [0.3, 0.4) is 0 Å². The van der Waals surface area contributed by atoms with E-state index >= 15 is 0 Å². The molecule has 5 heteroatoms. The second kappa shape index (κ2) is 7.98. The highest BCUT2D eigenvalue weighted by molar-refractivity contribution is 5.73. The monoisotopic (exact) mass is 294 g/mol. The molecule has 116 valence electrons. The van der Waals surface area contributed by atoms with Crippen molar-refractivity contribution < 1.29 is 14.3 Å². The normalized spacial score (nSPS) is 17.2. The molecule has 0 bridgehead atoms. The Bertz CT molecular complexity index is 444. The number of urea groups is 1. The van der Waals surface area contributed by atoms with Crippen LogP contribution in [0, 0.1) is 11.7 Å². The van der Waals surface area contributed by atoms with Crippen LogP contribution in [0.2, 0.25) is 0 Å². The van der Waals surface area contributed by atoms with Gasteiger partial charge >= 0.3 is 6.03 Å². The van der Waals surface area contributed by atoms with Gasteiger partial charge in [-0.15, -0.1) is 0 Å². The topological polar surface area (TPSA) is 61.4 Å². The third-order valence-electron chi connectivity index (χ3n) is 4.03. The predicted molar refractivity (Wildman–Crippen MR) is 79.2 cm³/mol. The maximum atomic E-state index is 12.7. The molecule has 0 spiro atoms. The van der Waals surface area contributed by atoms with Crippen LogP contribution in [0.4, 0.5) is 9.18 Å². The molecule has 0 radical (unpaired) electrons. The van der Waals surface area contributed by atoms with Gasteiger partial charge in [-0.25, -0.2) is 9.18 Å². The zero-order valence-corrected chi connectivity index (χ0v) is 12.1. The maximum Gasteiger partial charge on any atom is 0.315 e. The van der Waals surface area contributed by atoms with Crippen LogP contribution in [0.25, 0.3) is 0 Å². The third kappa shape index (κ3) is 5.34. The van der Waals surface area contributed by atoms with Gasteiger partial charge < -0.3 is 15.7 Å². The number of carbonyl (C=O) groups is 1. The quantitative estimate of drug-likeness (QED) is 0.781. The molecule has 0 heterocycles. The average Bonchev–Trinajstić information content (AvgIpc) is 2.53. The molecule has 1 aliphatic carbocycles. The van der Waals surface area contributed by atoms with E-state index in [9.17, 15) is 14.3 Å². The molecule has 1 aliphatic rings. The molecule has 2 rings (SSSR count). The fourth-order valence-corrected chi connectivity index (χ4v) is 2.73. The lowest BCUT2D eigenvalue weighted by atomic mass is 9.85. The Kier molecular flexibility index (Phi) is 5.99. The first-order valence-electron chi connectivity index (χ1n) is 7.59. The van der Waals surface area contributed by atoms with Crippen LogP contribution in [-0.2, 0) is 6.54 Å². The summed E-state index contributed by atoms with van der Waals surface area (Å²) in [7, 11) is 0. The number of rotatable bonds is 5. The molecule has 21 heavy (non-hydrogen) atoms. The Morgan fingerprint density at radius 1 is 1.19 bits per heavy atom. The van der Waals surface area contributed by atoms with Crippen molar-refractivity contribution in [3.05, 3.63) is 35.6 Å². The van der Waals surface area contributed by atoms with Crippen LogP contribution >= 0.6 is 0 Å². The van der Waals surface area contributed by atoms with Crippen molar-refractivity contribution in [3.63, 3.8) is 0 Å². The summed E-state index contributed by atoms with van der Waals surface area (Å²) in [6.45, 7) is 0.617. The summed E-state index contributed by atoms with van der Waals surface area (Å²) in [6, 6.07) is 5.68. The minimum atomic E-state index is -0.470. The fourth-order valence-electron chi connectivity index (χ4n) is 2.73. The first-order chi connectivity index (χ1) is 10.1. The van der Waals surface area contributed by atoms with E-state index in [1.807, 2.05) is 0 Å². The van der Waals surface area contributed by atoms with Crippen LogP contribution in [-0.4, -0.2) is 23.8 Å². The lowest BCUT2D eigenvalue weighted by Gasteiger charge is -2.26. The molecule has 1 aromatic rings. The number of nitrogens with one attached hydrogen (secondary N) is 2. The van der Waals surface area contributed by atoms with Crippen molar-refractivity contribution in [2.24, 2.45) is 5.92 Å². The zero-order chi connectivity index (χ0) is 15.1. The van der Waals surface area contributed by atoms with E-state index < -0.39 is 6.10 Å². The molecule has 0 aromatic heterocycles. The summed E-state index contributed by atoms with van der Waals surface area (Å²) in [6.07, 6.45) is 5.19. The van der Waals surface area contributed by atoms with E-state index in [1.54, 1.807) is 12.1 Å². The van der Waals surface area contributed by atoms with E-state index in [-0.39, 0.29) is 18.4 Å². The van der Waals surface area contributed by atoms with Gasteiger partial charge in [-0.1, -0.05) is 31.4 Å². The molecular formula is C16H23FN2O2. The minimum Gasteiger partial charge on any atom is -0.391 e. The zero-order valence-electron chi connectivity index (χ0n) is 12.1. The lowest BCUT2D eigenvalue weighted by molar-refractivity contribution is 0.0858. The molecule has 3 N–H and O–H groups in total. The van der Waals surface area contributed by atoms with Crippen molar-refractivity contribution in [1.29, 1.82) is 0 Å². The number of benzene rings is 1. The van der Waals surface area contributed by atoms with Gasteiger partial charge in [0.15, 0.2) is 0 Å². The van der Waals surface area contributed by atoms with Gasteiger partial charge in [-0.2, -0.15) is 0 Å². The van der Waals surface area contributed by atoms with Crippen molar-refractivity contribution in [1.82, 2.24) is 10.6 Å². The van der Waals surface area contributed by atoms with Crippen molar-refractivity contribution in [2.75, 3.05) is 6.54 Å². The first kappa shape index (κ1) is 15.8. The summed E-state index contributed by atoms with van der Waals surface area (Å²) in [5, 5.41) is 15.4. The van der Waals surface area contributed by atoms with Gasteiger partial charge in [0.25, 0.3) is 0 Å². The van der Waals surface area contributed by atoms with E-state index in [0.29, 0.717) is 12.5 Å².